The second kappa shape index (κ2) is 6.59. The summed E-state index contributed by atoms with van der Waals surface area (Å²) in [6, 6.07) is 4.94. The molecule has 0 spiro atoms. The predicted octanol–water partition coefficient (Wildman–Crippen LogP) is 0.0253. The SMILES string of the molecule is CC(=O)OC1(C(=O)Nc2ccc(C(=O)O)cc2)CC(=O)O[C@@H]1C(=O)O. The van der Waals surface area contributed by atoms with Gasteiger partial charge in [-0.1, -0.05) is 0 Å². The van der Waals surface area contributed by atoms with Crippen LogP contribution in [0.3, 0.4) is 0 Å². The molecule has 0 aromatic heterocycles. The molecule has 132 valence electrons. The van der Waals surface area contributed by atoms with E-state index in [9.17, 15) is 29.1 Å². The Labute approximate surface area is 140 Å². The Morgan fingerprint density at radius 2 is 1.80 bits per heavy atom. The molecule has 1 amide bonds. The molecule has 1 aliphatic rings. The van der Waals surface area contributed by atoms with Gasteiger partial charge in [-0.3, -0.25) is 14.4 Å². The average Bonchev–Trinajstić information content (AvgIpc) is 2.85. The summed E-state index contributed by atoms with van der Waals surface area (Å²) < 4.78 is 9.46. The van der Waals surface area contributed by atoms with Crippen LogP contribution in [0.2, 0.25) is 0 Å². The Morgan fingerprint density at radius 1 is 1.20 bits per heavy atom. The second-order valence-electron chi connectivity index (χ2n) is 5.20. The maximum Gasteiger partial charge on any atom is 0.349 e. The highest BCUT2D eigenvalue weighted by Crippen LogP contribution is 2.33. The van der Waals surface area contributed by atoms with E-state index in [0.717, 1.165) is 6.92 Å². The van der Waals surface area contributed by atoms with Gasteiger partial charge >= 0.3 is 23.9 Å². The van der Waals surface area contributed by atoms with Crippen LogP contribution in [0.4, 0.5) is 5.69 Å². The molecule has 0 radical (unpaired) electrons. The number of carbonyl (C=O) groups excluding carboxylic acids is 3. The minimum absolute atomic E-state index is 0.0320. The fourth-order valence-corrected chi connectivity index (χ4v) is 2.35. The number of hydrogen-bond acceptors (Lipinski definition) is 7. The largest absolute Gasteiger partial charge is 0.478 e. The molecular weight excluding hydrogens is 338 g/mol. The monoisotopic (exact) mass is 351 g/mol. The quantitative estimate of drug-likeness (QED) is 0.622. The fraction of sp³-hybridized carbons (Fsp3) is 0.267. The molecule has 1 aromatic rings. The van der Waals surface area contributed by atoms with Crippen molar-refractivity contribution < 1.29 is 43.7 Å². The number of hydrogen-bond donors (Lipinski definition) is 3. The molecule has 0 saturated carbocycles. The molecule has 25 heavy (non-hydrogen) atoms. The first-order valence-corrected chi connectivity index (χ1v) is 6.92. The van der Waals surface area contributed by atoms with Crippen molar-refractivity contribution in [2.45, 2.75) is 25.0 Å². The number of nitrogens with one attached hydrogen (secondary N) is 1. The normalized spacial score (nSPS) is 22.0. The third kappa shape index (κ3) is 3.57. The summed E-state index contributed by atoms with van der Waals surface area (Å²) in [6.45, 7) is 0.957. The zero-order chi connectivity index (χ0) is 18.8. The van der Waals surface area contributed by atoms with E-state index in [1.165, 1.54) is 24.3 Å². The lowest BCUT2D eigenvalue weighted by Crippen LogP contribution is -2.55. The van der Waals surface area contributed by atoms with Crippen molar-refractivity contribution in [3.8, 4) is 0 Å². The Bertz CT molecular complexity index is 755. The number of rotatable bonds is 5. The first-order chi connectivity index (χ1) is 11.7. The lowest BCUT2D eigenvalue weighted by atomic mass is 9.93. The van der Waals surface area contributed by atoms with E-state index in [2.05, 4.69) is 10.1 Å². The van der Waals surface area contributed by atoms with Crippen molar-refractivity contribution in [3.63, 3.8) is 0 Å². The van der Waals surface area contributed by atoms with Crippen molar-refractivity contribution >= 4 is 35.5 Å². The minimum atomic E-state index is -2.36. The van der Waals surface area contributed by atoms with Crippen molar-refractivity contribution in [1.82, 2.24) is 0 Å². The second-order valence-corrected chi connectivity index (χ2v) is 5.20. The van der Waals surface area contributed by atoms with Crippen molar-refractivity contribution in [2.24, 2.45) is 0 Å². The van der Waals surface area contributed by atoms with Crippen LogP contribution < -0.4 is 5.32 Å². The molecule has 1 fully saturated rings. The summed E-state index contributed by atoms with van der Waals surface area (Å²) in [5, 5.41) is 20.3. The van der Waals surface area contributed by atoms with E-state index < -0.39 is 47.9 Å². The molecule has 10 nitrogen and oxygen atoms in total. The maximum atomic E-state index is 12.6. The molecule has 3 N–H and O–H groups in total. The molecule has 10 heteroatoms. The van der Waals surface area contributed by atoms with Gasteiger partial charge in [0.05, 0.1) is 12.0 Å². The zero-order valence-corrected chi connectivity index (χ0v) is 12.8. The van der Waals surface area contributed by atoms with Gasteiger partial charge in [-0.05, 0) is 24.3 Å². The van der Waals surface area contributed by atoms with Gasteiger partial charge in [0, 0.05) is 12.6 Å². The van der Waals surface area contributed by atoms with Gasteiger partial charge < -0.3 is 25.0 Å². The molecule has 1 heterocycles. The molecule has 1 aliphatic heterocycles. The van der Waals surface area contributed by atoms with Crippen LogP contribution in [0.1, 0.15) is 23.7 Å². The third-order valence-corrected chi connectivity index (χ3v) is 3.40. The molecule has 1 aromatic carbocycles. The van der Waals surface area contributed by atoms with Gasteiger partial charge in [0.1, 0.15) is 0 Å². The van der Waals surface area contributed by atoms with Gasteiger partial charge in [-0.2, -0.15) is 0 Å². The van der Waals surface area contributed by atoms with Crippen LogP contribution >= 0.6 is 0 Å². The van der Waals surface area contributed by atoms with Gasteiger partial charge in [0.25, 0.3) is 5.91 Å². The van der Waals surface area contributed by atoms with Gasteiger partial charge in [0.15, 0.2) is 0 Å². The van der Waals surface area contributed by atoms with Crippen molar-refractivity contribution in [1.29, 1.82) is 0 Å². The van der Waals surface area contributed by atoms with Crippen molar-refractivity contribution in [3.05, 3.63) is 29.8 Å². The molecule has 2 rings (SSSR count). The highest BCUT2D eigenvalue weighted by atomic mass is 16.6. The van der Waals surface area contributed by atoms with Crippen LogP contribution in [0.5, 0.6) is 0 Å². The number of esters is 2. The van der Waals surface area contributed by atoms with Crippen LogP contribution in [0, 0.1) is 0 Å². The van der Waals surface area contributed by atoms with E-state index in [4.69, 9.17) is 9.84 Å². The summed E-state index contributed by atoms with van der Waals surface area (Å²) in [5.41, 5.74) is -2.28. The van der Waals surface area contributed by atoms with Crippen molar-refractivity contribution in [2.75, 3.05) is 5.32 Å². The number of aromatic carboxylic acids is 1. The van der Waals surface area contributed by atoms with Crippen LogP contribution in [-0.4, -0.2) is 51.7 Å². The minimum Gasteiger partial charge on any atom is -0.478 e. The Hall–Kier alpha value is -3.43. The molecule has 1 unspecified atom stereocenters. The summed E-state index contributed by atoms with van der Waals surface area (Å²) >= 11 is 0. The van der Waals surface area contributed by atoms with E-state index in [1.807, 2.05) is 0 Å². The van der Waals surface area contributed by atoms with E-state index >= 15 is 0 Å². The molecule has 1 saturated heterocycles. The number of ether oxygens (including phenoxy) is 2. The molecule has 0 aliphatic carbocycles. The zero-order valence-electron chi connectivity index (χ0n) is 12.8. The summed E-state index contributed by atoms with van der Waals surface area (Å²) in [6.07, 6.45) is -2.76. The van der Waals surface area contributed by atoms with Crippen LogP contribution in [0.25, 0.3) is 0 Å². The van der Waals surface area contributed by atoms with Crippen LogP contribution in [-0.2, 0) is 28.7 Å². The number of cyclic esters (lactones) is 1. The number of amides is 1. The average molecular weight is 351 g/mol. The summed E-state index contributed by atoms with van der Waals surface area (Å²) in [5.74, 6) is -5.88. The first kappa shape index (κ1) is 17.9. The van der Waals surface area contributed by atoms with Gasteiger partial charge in [0.2, 0.25) is 11.7 Å². The third-order valence-electron chi connectivity index (χ3n) is 3.40. The number of carboxylic acid groups (broad SMARTS) is 2. The van der Waals surface area contributed by atoms with Gasteiger partial charge in [-0.15, -0.1) is 0 Å². The maximum absolute atomic E-state index is 12.6. The lowest BCUT2D eigenvalue weighted by molar-refractivity contribution is -0.179. The lowest BCUT2D eigenvalue weighted by Gasteiger charge is -2.28. The Balaban J connectivity index is 2.32. The number of carbonyl (C=O) groups is 5. The number of carboxylic acids is 2. The number of benzene rings is 1. The first-order valence-electron chi connectivity index (χ1n) is 6.92. The van der Waals surface area contributed by atoms with E-state index in [0.29, 0.717) is 0 Å². The summed E-state index contributed by atoms with van der Waals surface area (Å²) in [7, 11) is 0. The summed E-state index contributed by atoms with van der Waals surface area (Å²) in [4.78, 5) is 57.5. The van der Waals surface area contributed by atoms with Crippen LogP contribution in [0.15, 0.2) is 24.3 Å². The Kier molecular flexibility index (Phi) is 4.72. The van der Waals surface area contributed by atoms with E-state index in [-0.39, 0.29) is 11.3 Å². The highest BCUT2D eigenvalue weighted by Gasteiger charge is 2.61. The highest BCUT2D eigenvalue weighted by molar-refractivity contribution is 6.06. The van der Waals surface area contributed by atoms with E-state index in [1.54, 1.807) is 0 Å². The topological polar surface area (TPSA) is 156 Å². The fourth-order valence-electron chi connectivity index (χ4n) is 2.35. The molecular formula is C15H13NO9. The number of anilines is 1. The number of aliphatic carboxylic acids is 1. The molecule has 0 bridgehead atoms. The molecule has 2 atom stereocenters. The standard InChI is InChI=1S/C15H13NO9/c1-7(17)25-15(6-10(18)24-11(15)13(21)22)14(23)16-9-4-2-8(3-5-9)12(19)20/h2-5,11H,6H2,1H3,(H,16,23)(H,19,20)(H,21,22)/t11-,15?/m1/s1. The van der Waals surface area contributed by atoms with Gasteiger partial charge in [-0.25, -0.2) is 9.59 Å². The smallest absolute Gasteiger partial charge is 0.349 e. The predicted molar refractivity (Wildman–Crippen MR) is 78.7 cm³/mol. The Morgan fingerprint density at radius 3 is 2.28 bits per heavy atom.